The van der Waals surface area contributed by atoms with Crippen LogP contribution in [0.4, 0.5) is 0 Å². The maximum atomic E-state index is 2.49. The quantitative estimate of drug-likeness (QED) is 0.482. The van der Waals surface area contributed by atoms with Crippen molar-refractivity contribution in [2.45, 2.75) is 32.4 Å². The predicted octanol–water partition coefficient (Wildman–Crippen LogP) is 1.72. The zero-order valence-electron chi connectivity index (χ0n) is 6.56. The highest BCUT2D eigenvalue weighted by Gasteiger charge is 2.20. The van der Waals surface area contributed by atoms with Crippen molar-refractivity contribution in [1.82, 2.24) is 4.81 Å². The monoisotopic (exact) mass is 125 g/mol. The zero-order valence-corrected chi connectivity index (χ0v) is 6.56. The number of hydrogen-bond donors (Lipinski definition) is 0. The van der Waals surface area contributed by atoms with Crippen molar-refractivity contribution in [2.75, 3.05) is 13.6 Å². The smallest absolute Gasteiger partial charge is 0.222 e. The van der Waals surface area contributed by atoms with Gasteiger partial charge in [0.05, 0.1) is 0 Å². The first-order valence-electron chi connectivity index (χ1n) is 4.05. The summed E-state index contributed by atoms with van der Waals surface area (Å²) in [5, 5.41) is 0. The van der Waals surface area contributed by atoms with E-state index < -0.39 is 0 Å². The summed E-state index contributed by atoms with van der Waals surface area (Å²) in [4.78, 5) is 2.49. The Labute approximate surface area is 58.5 Å². The molecule has 0 amide bonds. The molecule has 0 N–H and O–H groups in total. The topological polar surface area (TPSA) is 3.24 Å². The SMILES string of the molecule is CCB1CCCCN1C. The van der Waals surface area contributed by atoms with Gasteiger partial charge in [-0.05, 0) is 20.0 Å². The molecule has 52 valence electrons. The molecule has 1 heterocycles. The van der Waals surface area contributed by atoms with Gasteiger partial charge in [0.15, 0.2) is 0 Å². The summed E-state index contributed by atoms with van der Waals surface area (Å²) in [7, 11) is 2.24. The Morgan fingerprint density at radius 2 is 2.22 bits per heavy atom. The van der Waals surface area contributed by atoms with Crippen LogP contribution in [0.25, 0.3) is 0 Å². The van der Waals surface area contributed by atoms with Crippen LogP contribution in [0.3, 0.4) is 0 Å². The first-order valence-corrected chi connectivity index (χ1v) is 4.05. The van der Waals surface area contributed by atoms with Gasteiger partial charge < -0.3 is 4.81 Å². The minimum absolute atomic E-state index is 0.888. The minimum atomic E-state index is 0.888. The highest BCUT2D eigenvalue weighted by atomic mass is 15.0. The normalized spacial score (nSPS) is 22.7. The van der Waals surface area contributed by atoms with E-state index in [9.17, 15) is 0 Å². The molecule has 0 bridgehead atoms. The molecule has 1 aliphatic rings. The van der Waals surface area contributed by atoms with E-state index in [1.54, 1.807) is 0 Å². The maximum absolute atomic E-state index is 2.49. The van der Waals surface area contributed by atoms with Crippen LogP contribution in [0, 0.1) is 0 Å². The van der Waals surface area contributed by atoms with Crippen molar-refractivity contribution in [1.29, 1.82) is 0 Å². The Morgan fingerprint density at radius 1 is 1.44 bits per heavy atom. The van der Waals surface area contributed by atoms with E-state index in [0.29, 0.717) is 0 Å². The average Bonchev–Trinajstić information content (AvgIpc) is 1.89. The van der Waals surface area contributed by atoms with Gasteiger partial charge in [0.2, 0.25) is 6.85 Å². The maximum Gasteiger partial charge on any atom is 0.222 e. The fraction of sp³-hybridized carbons (Fsp3) is 1.00. The van der Waals surface area contributed by atoms with Crippen LogP contribution >= 0.6 is 0 Å². The lowest BCUT2D eigenvalue weighted by Gasteiger charge is -2.28. The van der Waals surface area contributed by atoms with Gasteiger partial charge in [0.25, 0.3) is 0 Å². The highest BCUT2D eigenvalue weighted by Crippen LogP contribution is 2.14. The molecule has 0 unspecified atom stereocenters. The number of hydrogen-bond acceptors (Lipinski definition) is 1. The summed E-state index contributed by atoms with van der Waals surface area (Å²) in [6.07, 6.45) is 5.61. The zero-order chi connectivity index (χ0) is 6.69. The Kier molecular flexibility index (Phi) is 2.58. The van der Waals surface area contributed by atoms with Crippen LogP contribution in [0.15, 0.2) is 0 Å². The Hall–Kier alpha value is 0.0249. The third kappa shape index (κ3) is 1.72. The lowest BCUT2D eigenvalue weighted by molar-refractivity contribution is 0.462. The Bertz CT molecular complexity index is 85.0. The molecular formula is C7H16BN. The van der Waals surface area contributed by atoms with Crippen molar-refractivity contribution in [2.24, 2.45) is 0 Å². The van der Waals surface area contributed by atoms with Gasteiger partial charge in [-0.2, -0.15) is 0 Å². The van der Waals surface area contributed by atoms with Crippen molar-refractivity contribution < 1.29 is 0 Å². The van der Waals surface area contributed by atoms with Crippen LogP contribution < -0.4 is 0 Å². The molecule has 1 saturated heterocycles. The first kappa shape index (κ1) is 7.14. The number of nitrogens with zero attached hydrogens (tertiary/aromatic N) is 1. The van der Waals surface area contributed by atoms with Gasteiger partial charge in [0.1, 0.15) is 0 Å². The molecule has 0 atom stereocenters. The minimum Gasteiger partial charge on any atom is -0.345 e. The fourth-order valence-electron chi connectivity index (χ4n) is 1.66. The third-order valence-corrected chi connectivity index (χ3v) is 2.39. The van der Waals surface area contributed by atoms with E-state index in [2.05, 4.69) is 18.8 Å². The Balaban J connectivity index is 2.30. The molecule has 0 aromatic rings. The summed E-state index contributed by atoms with van der Waals surface area (Å²) in [6.45, 7) is 4.49. The second-order valence-corrected chi connectivity index (χ2v) is 3.04. The summed E-state index contributed by atoms with van der Waals surface area (Å²) in [5.41, 5.74) is 0. The van der Waals surface area contributed by atoms with Crippen LogP contribution in [-0.4, -0.2) is 25.3 Å². The molecule has 9 heavy (non-hydrogen) atoms. The lowest BCUT2D eigenvalue weighted by atomic mass is 9.52. The van der Waals surface area contributed by atoms with Gasteiger partial charge >= 0.3 is 0 Å². The molecule has 0 spiro atoms. The molecule has 1 fully saturated rings. The molecule has 1 nitrogen and oxygen atoms in total. The molecule has 0 aromatic heterocycles. The summed E-state index contributed by atoms with van der Waals surface area (Å²) >= 11 is 0. The van der Waals surface area contributed by atoms with E-state index >= 15 is 0 Å². The van der Waals surface area contributed by atoms with Crippen LogP contribution in [-0.2, 0) is 0 Å². The van der Waals surface area contributed by atoms with Gasteiger partial charge in [-0.25, -0.2) is 0 Å². The second kappa shape index (κ2) is 3.26. The van der Waals surface area contributed by atoms with E-state index in [1.807, 2.05) is 0 Å². The standard InChI is InChI=1S/C7H16BN/c1-3-8-6-4-5-7-9(8)2/h3-7H2,1-2H3. The van der Waals surface area contributed by atoms with Crippen molar-refractivity contribution in [3.05, 3.63) is 0 Å². The fourth-order valence-corrected chi connectivity index (χ4v) is 1.66. The molecule has 1 rings (SSSR count). The molecule has 0 saturated carbocycles. The predicted molar refractivity (Wildman–Crippen MR) is 42.9 cm³/mol. The summed E-state index contributed by atoms with van der Waals surface area (Å²) in [5.74, 6) is 0. The molecule has 0 aliphatic carbocycles. The molecule has 0 radical (unpaired) electrons. The first-order chi connectivity index (χ1) is 4.34. The van der Waals surface area contributed by atoms with Crippen molar-refractivity contribution >= 4 is 6.85 Å². The van der Waals surface area contributed by atoms with E-state index in [1.165, 1.54) is 32.0 Å². The molecule has 1 aliphatic heterocycles. The van der Waals surface area contributed by atoms with Crippen LogP contribution in [0.5, 0.6) is 0 Å². The van der Waals surface area contributed by atoms with Crippen molar-refractivity contribution in [3.63, 3.8) is 0 Å². The number of rotatable bonds is 1. The second-order valence-electron chi connectivity index (χ2n) is 3.04. The molecule has 2 heteroatoms. The van der Waals surface area contributed by atoms with Crippen LogP contribution in [0.1, 0.15) is 19.8 Å². The van der Waals surface area contributed by atoms with Gasteiger partial charge in [-0.1, -0.05) is 26.0 Å². The molecule has 0 aromatic carbocycles. The van der Waals surface area contributed by atoms with Gasteiger partial charge in [-0.3, -0.25) is 0 Å². The van der Waals surface area contributed by atoms with Crippen molar-refractivity contribution in [3.8, 4) is 0 Å². The van der Waals surface area contributed by atoms with E-state index in [4.69, 9.17) is 0 Å². The molecular weight excluding hydrogens is 109 g/mol. The summed E-state index contributed by atoms with van der Waals surface area (Å²) < 4.78 is 0. The largest absolute Gasteiger partial charge is 0.345 e. The third-order valence-electron chi connectivity index (χ3n) is 2.39. The average molecular weight is 125 g/mol. The highest BCUT2D eigenvalue weighted by molar-refractivity contribution is 6.55. The van der Waals surface area contributed by atoms with E-state index in [-0.39, 0.29) is 0 Å². The van der Waals surface area contributed by atoms with Gasteiger partial charge in [0, 0.05) is 0 Å². The van der Waals surface area contributed by atoms with Gasteiger partial charge in [-0.15, -0.1) is 0 Å². The van der Waals surface area contributed by atoms with E-state index in [0.717, 1.165) is 6.85 Å². The lowest BCUT2D eigenvalue weighted by Crippen LogP contribution is -2.39. The van der Waals surface area contributed by atoms with Crippen LogP contribution in [0.2, 0.25) is 12.6 Å². The summed E-state index contributed by atoms with van der Waals surface area (Å²) in [6, 6.07) is 0. The Morgan fingerprint density at radius 3 is 2.67 bits per heavy atom.